The van der Waals surface area contributed by atoms with E-state index in [2.05, 4.69) is 481 Å². The van der Waals surface area contributed by atoms with Gasteiger partial charge in [-0.1, -0.05) is 364 Å². The van der Waals surface area contributed by atoms with Crippen LogP contribution in [-0.2, 0) is 21.7 Å². The van der Waals surface area contributed by atoms with E-state index in [1.54, 1.807) is 0 Å². The molecule has 6 aromatic heterocycles. The van der Waals surface area contributed by atoms with Crippen LogP contribution in [0.3, 0.4) is 0 Å². The molecule has 29 rings (SSSR count). The van der Waals surface area contributed by atoms with Crippen molar-refractivity contribution in [3.8, 4) is 0 Å². The predicted octanol–water partition coefficient (Wildman–Crippen LogP) is 33.8. The normalized spacial score (nSPS) is 14.2. The van der Waals surface area contributed by atoms with Gasteiger partial charge in [0, 0.05) is 122 Å². The summed E-state index contributed by atoms with van der Waals surface area (Å²) in [6, 6.07) is 175. The van der Waals surface area contributed by atoms with Crippen LogP contribution >= 0.6 is 22.7 Å². The fraction of sp³-hybridized carbons (Fsp3) is 0.0303. The number of fused-ring (bicyclic) bond motifs is 17. The standard InChI is InChI=1S/C66H42N6S.C66H44N2S/c1-3-24-50-48(22-1)63(71-57-29-9-6-26-53(57)65(43-17-13-33-67-39-43,44-18-14-34-68-40-44)54-27-7-10-30-58(54)71)49-23-2-4-25-51(49)64(50)72-59-31-11-8-28-55(59)66(45-19-15-35-69-41-45,46-20-16-36-70-42-46)56-37-52-47-21-5-12-32-61(47)73-62(52)38-60(56)72;1-5-23-45(24-6-1)65(46-25-7-2-8-26-46)53-34-14-17-37-59(53)67(60-38-18-15-35-54(60)65)57-40-21-33-50-49(57)32-22-41-58(50)68-61-39-19-16-36-55(61)66(47-27-9-3-10-28-47,48-29-11-4-12-30-48)56-43-52-51-31-13-20-42-63(51)69-64(52)44-62(56)68/h1-42H;1-44H. The molecule has 10 heterocycles. The molecule has 0 amide bonds. The van der Waals surface area contributed by atoms with Gasteiger partial charge in [-0.05, 0) is 198 Å². The molecule has 4 aliphatic heterocycles. The third-order valence-electron chi connectivity index (χ3n) is 30.5. The SMILES string of the molecule is c1ccc(C2(c3ccccc3)c3ccccc3N(c3cccc4c(N5c6ccccc6C(c6ccccc6)(c6ccccc6)c6cc7c(cc65)sc5ccccc57)cccc34)c3ccccc32)cc1.c1cncc(C2(c3cccnc3)c3ccccc3N(c3c4ccccc4c(N4c5ccccc5C(c5cccnc5)(c5cccnc5)c5cc6c(cc54)sc4ccccc46)c4ccccc34)c3ccccc32)c1. The second kappa shape index (κ2) is 33.0. The number of thiophene rings is 2. The third-order valence-corrected chi connectivity index (χ3v) is 32.7. The second-order valence-corrected chi connectivity index (χ2v) is 39.4. The predicted molar refractivity (Wildman–Crippen MR) is 589 cm³/mol. The lowest BCUT2D eigenvalue weighted by Crippen LogP contribution is -2.38. The van der Waals surface area contributed by atoms with Crippen molar-refractivity contribution in [2.24, 2.45) is 0 Å². The zero-order valence-electron chi connectivity index (χ0n) is 77.0. The van der Waals surface area contributed by atoms with Crippen LogP contribution < -0.4 is 19.6 Å². The van der Waals surface area contributed by atoms with Crippen molar-refractivity contribution in [2.45, 2.75) is 21.7 Å². The molecule has 0 saturated heterocycles. The number of aromatic nitrogens is 4. The largest absolute Gasteiger partial charge is 0.309 e. The van der Waals surface area contributed by atoms with Crippen LogP contribution in [0.2, 0.25) is 0 Å². The van der Waals surface area contributed by atoms with Gasteiger partial charge in [0.1, 0.15) is 0 Å². The molecule has 0 saturated carbocycles. The van der Waals surface area contributed by atoms with E-state index in [1.807, 2.05) is 84.4 Å². The lowest BCUT2D eigenvalue weighted by Gasteiger charge is -2.47. The molecule has 0 bridgehead atoms. The molecule has 19 aromatic carbocycles. The van der Waals surface area contributed by atoms with E-state index in [-0.39, 0.29) is 0 Å². The highest BCUT2D eigenvalue weighted by Gasteiger charge is 2.53. The maximum absolute atomic E-state index is 4.82. The number of pyridine rings is 4. The van der Waals surface area contributed by atoms with Crippen molar-refractivity contribution in [2.75, 3.05) is 19.6 Å². The van der Waals surface area contributed by atoms with Gasteiger partial charge in [0.15, 0.2) is 0 Å². The molecule has 0 radical (unpaired) electrons. The van der Waals surface area contributed by atoms with Crippen molar-refractivity contribution in [3.05, 3.63) is 612 Å². The van der Waals surface area contributed by atoms with Gasteiger partial charge in [0.2, 0.25) is 0 Å². The zero-order valence-corrected chi connectivity index (χ0v) is 78.7. The van der Waals surface area contributed by atoms with Crippen molar-refractivity contribution in [3.63, 3.8) is 0 Å². The van der Waals surface area contributed by atoms with Gasteiger partial charge in [-0.25, -0.2) is 0 Å². The highest BCUT2D eigenvalue weighted by molar-refractivity contribution is 7.26. The maximum atomic E-state index is 4.82. The van der Waals surface area contributed by atoms with Crippen LogP contribution in [0.15, 0.2) is 523 Å². The Morgan fingerprint density at radius 1 is 0.148 bits per heavy atom. The molecule has 0 atom stereocenters. The molecule has 4 aliphatic rings. The first-order valence-electron chi connectivity index (χ1n) is 48.5. The third kappa shape index (κ3) is 11.9. The topological polar surface area (TPSA) is 64.5 Å². The minimum atomic E-state index is -0.774. The molecule has 0 unspecified atom stereocenters. The zero-order chi connectivity index (χ0) is 93.6. The monoisotopic (exact) mass is 1850 g/mol. The Bertz CT molecular complexity index is 8970. The van der Waals surface area contributed by atoms with E-state index in [1.165, 1.54) is 113 Å². The van der Waals surface area contributed by atoms with E-state index in [0.29, 0.717) is 0 Å². The summed E-state index contributed by atoms with van der Waals surface area (Å²) in [5, 5.41) is 12.0. The molecule has 0 spiro atoms. The molecular formula is C132H86N8S2. The van der Waals surface area contributed by atoms with E-state index in [9.17, 15) is 0 Å². The number of benzene rings is 19. The van der Waals surface area contributed by atoms with Gasteiger partial charge < -0.3 is 19.6 Å². The summed E-state index contributed by atoms with van der Waals surface area (Å²) in [5.41, 5.74) is 29.9. The van der Waals surface area contributed by atoms with E-state index < -0.39 is 21.7 Å². The van der Waals surface area contributed by atoms with Crippen molar-refractivity contribution in [1.29, 1.82) is 0 Å². The van der Waals surface area contributed by atoms with Crippen LogP contribution in [0.5, 0.6) is 0 Å². The summed E-state index contributed by atoms with van der Waals surface area (Å²) in [6.45, 7) is 0. The van der Waals surface area contributed by atoms with Gasteiger partial charge in [0.25, 0.3) is 0 Å². The second-order valence-electron chi connectivity index (χ2n) is 37.2. The number of hydrogen-bond donors (Lipinski definition) is 0. The minimum absolute atomic E-state index is 0.550. The summed E-state index contributed by atoms with van der Waals surface area (Å²) in [4.78, 5) is 29.3. The first-order valence-corrected chi connectivity index (χ1v) is 50.1. The first-order chi connectivity index (χ1) is 70.5. The van der Waals surface area contributed by atoms with Gasteiger partial charge in [-0.2, -0.15) is 0 Å². The molecule has 0 aliphatic carbocycles. The summed E-state index contributed by atoms with van der Waals surface area (Å²) in [5.74, 6) is 0. The number of nitrogens with zero attached hydrogens (tertiary/aromatic N) is 8. The molecule has 25 aromatic rings. The fourth-order valence-corrected chi connectivity index (χ4v) is 27.2. The Morgan fingerprint density at radius 3 is 0.690 bits per heavy atom. The lowest BCUT2D eigenvalue weighted by molar-refractivity contribution is 0.722. The van der Waals surface area contributed by atoms with Gasteiger partial charge in [0.05, 0.1) is 89.9 Å². The van der Waals surface area contributed by atoms with Crippen LogP contribution in [0, 0.1) is 0 Å². The Labute approximate surface area is 830 Å². The summed E-state index contributed by atoms with van der Waals surface area (Å²) in [6.07, 6.45) is 15.6. The van der Waals surface area contributed by atoms with Crippen LogP contribution in [-0.4, -0.2) is 19.9 Å². The summed E-state index contributed by atoms with van der Waals surface area (Å²) >= 11 is 3.73. The quantitative estimate of drug-likeness (QED) is 0.112. The van der Waals surface area contributed by atoms with Crippen LogP contribution in [0.25, 0.3) is 72.7 Å². The molecular weight excluding hydrogens is 1760 g/mol. The molecule has 142 heavy (non-hydrogen) atoms. The van der Waals surface area contributed by atoms with Gasteiger partial charge >= 0.3 is 0 Å². The Hall–Kier alpha value is -17.8. The number of rotatable bonds is 12. The average Bonchev–Trinajstić information content (AvgIpc) is 0.929. The van der Waals surface area contributed by atoms with Gasteiger partial charge in [-0.3, -0.25) is 19.9 Å². The molecule has 8 nitrogen and oxygen atoms in total. The fourth-order valence-electron chi connectivity index (χ4n) is 25.0. The van der Waals surface area contributed by atoms with Crippen LogP contribution in [0.1, 0.15) is 89.0 Å². The van der Waals surface area contributed by atoms with E-state index in [0.717, 1.165) is 117 Å². The minimum Gasteiger partial charge on any atom is -0.309 e. The smallest absolute Gasteiger partial charge is 0.0772 e. The molecule has 0 N–H and O–H groups in total. The van der Waals surface area contributed by atoms with Crippen molar-refractivity contribution < 1.29 is 0 Å². The first kappa shape index (κ1) is 82.5. The number of anilines is 12. The molecule has 0 fully saturated rings. The summed E-state index contributed by atoms with van der Waals surface area (Å²) < 4.78 is 5.06. The Kier molecular flexibility index (Phi) is 19.1. The van der Waals surface area contributed by atoms with Gasteiger partial charge in [-0.15, -0.1) is 22.7 Å². The van der Waals surface area contributed by atoms with Crippen molar-refractivity contribution >= 4 is 164 Å². The molecule has 10 heteroatoms. The molecule has 666 valence electrons. The highest BCUT2D eigenvalue weighted by Crippen LogP contribution is 2.67. The number of para-hydroxylation sites is 6. The Morgan fingerprint density at radius 2 is 0.373 bits per heavy atom. The van der Waals surface area contributed by atoms with Crippen LogP contribution in [0.4, 0.5) is 68.2 Å². The Balaban J connectivity index is 0.000000139. The highest BCUT2D eigenvalue weighted by atomic mass is 32.1. The van der Waals surface area contributed by atoms with E-state index >= 15 is 0 Å². The average molecular weight is 1850 g/mol. The summed E-state index contributed by atoms with van der Waals surface area (Å²) in [7, 11) is 0. The van der Waals surface area contributed by atoms with Crippen molar-refractivity contribution in [1.82, 2.24) is 19.9 Å². The maximum Gasteiger partial charge on any atom is 0.0772 e. The lowest BCUT2D eigenvalue weighted by atomic mass is 9.62. The van der Waals surface area contributed by atoms with E-state index in [4.69, 9.17) is 19.9 Å². The number of hydrogen-bond acceptors (Lipinski definition) is 10.